The Labute approximate surface area is 172 Å². The van der Waals surface area contributed by atoms with Gasteiger partial charge in [0.05, 0.1) is 23.5 Å². The van der Waals surface area contributed by atoms with Crippen molar-refractivity contribution in [2.45, 2.75) is 37.3 Å². The first-order chi connectivity index (χ1) is 14.0. The summed E-state index contributed by atoms with van der Waals surface area (Å²) >= 11 is 0. The monoisotopic (exact) mass is 413 g/mol. The summed E-state index contributed by atoms with van der Waals surface area (Å²) in [7, 11) is -3.10. The lowest BCUT2D eigenvalue weighted by molar-refractivity contribution is -0.135. The van der Waals surface area contributed by atoms with Gasteiger partial charge in [-0.3, -0.25) is 4.79 Å². The Bertz CT molecular complexity index is 884. The van der Waals surface area contributed by atoms with Crippen LogP contribution in [0.2, 0.25) is 0 Å². The first-order valence-corrected chi connectivity index (χ1v) is 12.1. The molecule has 2 heterocycles. The lowest BCUT2D eigenvalue weighted by Crippen LogP contribution is -2.47. The number of carbonyl (C=O) groups is 1. The minimum Gasteiger partial charge on any atom is -0.376 e. The van der Waals surface area contributed by atoms with Crippen molar-refractivity contribution in [3.8, 4) is 0 Å². The molecule has 0 aliphatic carbocycles. The number of hydrogen-bond acceptors (Lipinski definition) is 4. The summed E-state index contributed by atoms with van der Waals surface area (Å²) in [6.45, 7) is 1.16. The number of ether oxygens (including phenoxy) is 1. The van der Waals surface area contributed by atoms with E-state index in [1.807, 2.05) is 60.7 Å². The molecule has 2 aromatic carbocycles. The van der Waals surface area contributed by atoms with Crippen molar-refractivity contribution in [1.29, 1.82) is 0 Å². The van der Waals surface area contributed by atoms with Crippen LogP contribution in [0.25, 0.3) is 0 Å². The number of benzene rings is 2. The summed E-state index contributed by atoms with van der Waals surface area (Å²) < 4.78 is 30.1. The third kappa shape index (κ3) is 4.70. The predicted octanol–water partition coefficient (Wildman–Crippen LogP) is 3.01. The molecule has 29 heavy (non-hydrogen) atoms. The fourth-order valence-electron chi connectivity index (χ4n) is 4.38. The van der Waals surface area contributed by atoms with E-state index in [1.54, 1.807) is 4.90 Å². The molecule has 0 aromatic heterocycles. The number of nitrogens with zero attached hydrogens (tertiary/aromatic N) is 1. The van der Waals surface area contributed by atoms with E-state index in [0.717, 1.165) is 24.0 Å². The maximum absolute atomic E-state index is 13.9. The van der Waals surface area contributed by atoms with Crippen molar-refractivity contribution in [1.82, 2.24) is 4.90 Å². The van der Waals surface area contributed by atoms with Gasteiger partial charge in [-0.15, -0.1) is 0 Å². The van der Waals surface area contributed by atoms with Gasteiger partial charge in [0, 0.05) is 19.2 Å². The van der Waals surface area contributed by atoms with Crippen LogP contribution >= 0.6 is 0 Å². The van der Waals surface area contributed by atoms with Crippen molar-refractivity contribution in [3.05, 3.63) is 71.8 Å². The van der Waals surface area contributed by atoms with Crippen LogP contribution in [0, 0.1) is 0 Å². The van der Waals surface area contributed by atoms with E-state index >= 15 is 0 Å². The molecule has 0 bridgehead atoms. The number of rotatable bonds is 6. The lowest BCUT2D eigenvalue weighted by atomic mass is 9.89. The molecular formula is C23H27NO4S. The molecule has 2 fully saturated rings. The van der Waals surface area contributed by atoms with Crippen molar-refractivity contribution in [3.63, 3.8) is 0 Å². The summed E-state index contributed by atoms with van der Waals surface area (Å²) in [5, 5.41) is 0. The lowest BCUT2D eigenvalue weighted by Gasteiger charge is -2.34. The molecule has 0 spiro atoms. The Hall–Kier alpha value is -2.18. The van der Waals surface area contributed by atoms with Crippen LogP contribution in [0.5, 0.6) is 0 Å². The van der Waals surface area contributed by atoms with Crippen molar-refractivity contribution in [2.75, 3.05) is 24.7 Å². The molecule has 0 radical (unpaired) electrons. The largest absolute Gasteiger partial charge is 0.376 e. The smallest absolute Gasteiger partial charge is 0.234 e. The van der Waals surface area contributed by atoms with Gasteiger partial charge in [-0.05, 0) is 30.4 Å². The summed E-state index contributed by atoms with van der Waals surface area (Å²) in [6, 6.07) is 19.2. The second-order valence-corrected chi connectivity index (χ2v) is 10.2. The van der Waals surface area contributed by atoms with Gasteiger partial charge in [-0.2, -0.15) is 0 Å². The highest BCUT2D eigenvalue weighted by Gasteiger charge is 2.39. The number of amides is 1. The average Bonchev–Trinajstić information content (AvgIpc) is 3.37. The Morgan fingerprint density at radius 3 is 2.10 bits per heavy atom. The highest BCUT2D eigenvalue weighted by Crippen LogP contribution is 2.30. The maximum Gasteiger partial charge on any atom is 0.234 e. The Morgan fingerprint density at radius 1 is 1.00 bits per heavy atom. The van der Waals surface area contributed by atoms with E-state index in [-0.39, 0.29) is 29.6 Å². The number of hydrogen-bond donors (Lipinski definition) is 0. The van der Waals surface area contributed by atoms with E-state index in [4.69, 9.17) is 4.74 Å². The minimum atomic E-state index is -3.10. The molecule has 0 N–H and O–H groups in total. The van der Waals surface area contributed by atoms with E-state index in [1.165, 1.54) is 0 Å². The van der Waals surface area contributed by atoms with E-state index in [0.29, 0.717) is 19.6 Å². The maximum atomic E-state index is 13.9. The molecule has 2 aromatic rings. The zero-order valence-electron chi connectivity index (χ0n) is 16.4. The zero-order chi connectivity index (χ0) is 20.3. The van der Waals surface area contributed by atoms with Gasteiger partial charge in [0.2, 0.25) is 5.91 Å². The van der Waals surface area contributed by atoms with E-state index < -0.39 is 15.8 Å². The standard InChI is InChI=1S/C23H27NO4S/c25-23(22(18-8-3-1-4-9-18)19-10-5-2-6-11-19)24(16-21-12-7-14-28-21)20-13-15-29(26,27)17-20/h1-6,8-11,20-22H,7,12-17H2. The molecule has 154 valence electrons. The van der Waals surface area contributed by atoms with Crippen molar-refractivity contribution >= 4 is 15.7 Å². The SMILES string of the molecule is O=C(C(c1ccccc1)c1ccccc1)N(CC1CCCO1)C1CCS(=O)(=O)C1. The zero-order valence-corrected chi connectivity index (χ0v) is 17.3. The molecule has 1 amide bonds. The molecule has 2 aliphatic rings. The summed E-state index contributed by atoms with van der Waals surface area (Å²) in [5.41, 5.74) is 1.84. The van der Waals surface area contributed by atoms with Crippen molar-refractivity contribution < 1.29 is 17.9 Å². The van der Waals surface area contributed by atoms with Crippen LogP contribution < -0.4 is 0 Å². The Kier molecular flexibility index (Phi) is 6.01. The van der Waals surface area contributed by atoms with Gasteiger partial charge in [0.1, 0.15) is 0 Å². The summed E-state index contributed by atoms with van der Waals surface area (Å²) in [5.74, 6) is -0.308. The highest BCUT2D eigenvalue weighted by molar-refractivity contribution is 7.91. The third-order valence-electron chi connectivity index (χ3n) is 5.87. The molecule has 0 saturated carbocycles. The molecule has 2 unspecified atom stereocenters. The average molecular weight is 414 g/mol. The molecular weight excluding hydrogens is 386 g/mol. The van der Waals surface area contributed by atoms with Crippen LogP contribution in [0.4, 0.5) is 0 Å². The van der Waals surface area contributed by atoms with Crippen LogP contribution in [-0.4, -0.2) is 56.0 Å². The predicted molar refractivity (Wildman–Crippen MR) is 112 cm³/mol. The normalized spacial score (nSPS) is 23.3. The molecule has 6 heteroatoms. The second-order valence-electron chi connectivity index (χ2n) is 7.94. The molecule has 2 atom stereocenters. The van der Waals surface area contributed by atoms with Crippen LogP contribution in [0.3, 0.4) is 0 Å². The molecule has 2 aliphatic heterocycles. The van der Waals surface area contributed by atoms with Gasteiger partial charge in [-0.25, -0.2) is 8.42 Å². The fraction of sp³-hybridized carbons (Fsp3) is 0.435. The second kappa shape index (κ2) is 8.67. The minimum absolute atomic E-state index is 0.0190. The first kappa shape index (κ1) is 20.1. The third-order valence-corrected chi connectivity index (χ3v) is 7.62. The first-order valence-electron chi connectivity index (χ1n) is 10.3. The fourth-order valence-corrected chi connectivity index (χ4v) is 6.11. The van der Waals surface area contributed by atoms with Gasteiger partial charge >= 0.3 is 0 Å². The highest BCUT2D eigenvalue weighted by atomic mass is 32.2. The Morgan fingerprint density at radius 2 is 1.62 bits per heavy atom. The quantitative estimate of drug-likeness (QED) is 0.730. The number of sulfone groups is 1. The van der Waals surface area contributed by atoms with Gasteiger partial charge in [0.25, 0.3) is 0 Å². The van der Waals surface area contributed by atoms with Gasteiger partial charge < -0.3 is 9.64 Å². The van der Waals surface area contributed by atoms with E-state index in [9.17, 15) is 13.2 Å². The van der Waals surface area contributed by atoms with Crippen molar-refractivity contribution in [2.24, 2.45) is 0 Å². The summed E-state index contributed by atoms with van der Waals surface area (Å²) in [4.78, 5) is 15.7. The molecule has 2 saturated heterocycles. The topological polar surface area (TPSA) is 63.7 Å². The number of carbonyl (C=O) groups excluding carboxylic acids is 1. The van der Waals surface area contributed by atoms with Crippen LogP contribution in [0.15, 0.2) is 60.7 Å². The molecule has 5 nitrogen and oxygen atoms in total. The van der Waals surface area contributed by atoms with Gasteiger partial charge in [-0.1, -0.05) is 60.7 Å². The summed E-state index contributed by atoms with van der Waals surface area (Å²) in [6.07, 6.45) is 2.37. The Balaban J connectivity index is 1.69. The van der Waals surface area contributed by atoms with Crippen LogP contribution in [0.1, 0.15) is 36.3 Å². The van der Waals surface area contributed by atoms with E-state index in [2.05, 4.69) is 0 Å². The van der Waals surface area contributed by atoms with Gasteiger partial charge in [0.15, 0.2) is 9.84 Å². The van der Waals surface area contributed by atoms with Crippen LogP contribution in [-0.2, 0) is 19.4 Å². The molecule has 4 rings (SSSR count).